The van der Waals surface area contributed by atoms with Gasteiger partial charge in [0.15, 0.2) is 0 Å². The Bertz CT molecular complexity index is 450. The molecule has 4 heteroatoms. The van der Waals surface area contributed by atoms with Crippen LogP contribution >= 0.6 is 43.2 Å². The van der Waals surface area contributed by atoms with Crippen molar-refractivity contribution in [2.24, 2.45) is 0 Å². The van der Waals surface area contributed by atoms with Crippen LogP contribution in [0.1, 0.15) is 0 Å². The van der Waals surface area contributed by atoms with E-state index >= 15 is 0 Å². The lowest BCUT2D eigenvalue weighted by Gasteiger charge is -2.01. The van der Waals surface area contributed by atoms with Crippen molar-refractivity contribution in [2.45, 2.75) is 0 Å². The number of hydrogen-bond acceptors (Lipinski definition) is 2. The van der Waals surface area contributed by atoms with E-state index in [1.54, 1.807) is 18.4 Å². The maximum Gasteiger partial charge on any atom is 0.133 e. The highest BCUT2D eigenvalue weighted by Gasteiger charge is 2.05. The van der Waals surface area contributed by atoms with E-state index in [1.807, 2.05) is 6.07 Å². The number of ether oxygens (including phenoxy) is 1. The van der Waals surface area contributed by atoms with Gasteiger partial charge in [-0.1, -0.05) is 0 Å². The van der Waals surface area contributed by atoms with E-state index in [4.69, 9.17) is 4.74 Å². The zero-order chi connectivity index (χ0) is 9.42. The molecule has 0 spiro atoms. The predicted octanol–water partition coefficient (Wildman–Crippen LogP) is 4.43. The zero-order valence-electron chi connectivity index (χ0n) is 6.80. The molecule has 0 unspecified atom stereocenters. The van der Waals surface area contributed by atoms with Crippen molar-refractivity contribution in [1.29, 1.82) is 0 Å². The van der Waals surface area contributed by atoms with E-state index in [2.05, 4.69) is 44.0 Å². The normalized spacial score (nSPS) is 10.7. The van der Waals surface area contributed by atoms with E-state index < -0.39 is 0 Å². The van der Waals surface area contributed by atoms with E-state index in [9.17, 15) is 0 Å². The van der Waals surface area contributed by atoms with Crippen LogP contribution in [0.5, 0.6) is 5.75 Å². The summed E-state index contributed by atoms with van der Waals surface area (Å²) < 4.78 is 8.59. The van der Waals surface area contributed by atoms with Gasteiger partial charge in [-0.05, 0) is 55.4 Å². The Balaban J connectivity index is 2.72. The van der Waals surface area contributed by atoms with Crippen LogP contribution in [0.2, 0.25) is 0 Å². The Morgan fingerprint density at radius 2 is 2.00 bits per heavy atom. The molecule has 1 heterocycles. The highest BCUT2D eigenvalue weighted by Crippen LogP contribution is 2.36. The van der Waals surface area contributed by atoms with Crippen LogP contribution in [-0.4, -0.2) is 7.11 Å². The summed E-state index contributed by atoms with van der Waals surface area (Å²) in [5.74, 6) is 0.873. The molecule has 0 aliphatic heterocycles. The van der Waals surface area contributed by atoms with Gasteiger partial charge in [-0.25, -0.2) is 0 Å². The maximum absolute atomic E-state index is 5.20. The molecule has 0 saturated heterocycles. The monoisotopic (exact) mass is 320 g/mol. The number of hydrogen-bond donors (Lipinski definition) is 0. The summed E-state index contributed by atoms with van der Waals surface area (Å²) in [4.78, 5) is 0. The molecule has 0 saturated carbocycles. The SMILES string of the molecule is COc1cc2cc(Br)sc2cc1Br. The molecule has 68 valence electrons. The van der Waals surface area contributed by atoms with Crippen molar-refractivity contribution in [2.75, 3.05) is 7.11 Å². The fraction of sp³-hybridized carbons (Fsp3) is 0.111. The number of fused-ring (bicyclic) bond motifs is 1. The van der Waals surface area contributed by atoms with E-state index in [-0.39, 0.29) is 0 Å². The van der Waals surface area contributed by atoms with Crippen molar-refractivity contribution in [3.05, 3.63) is 26.5 Å². The summed E-state index contributed by atoms with van der Waals surface area (Å²) in [6.45, 7) is 0. The van der Waals surface area contributed by atoms with Crippen molar-refractivity contribution in [3.8, 4) is 5.75 Å². The lowest BCUT2D eigenvalue weighted by molar-refractivity contribution is 0.413. The highest BCUT2D eigenvalue weighted by atomic mass is 79.9. The Morgan fingerprint density at radius 3 is 2.69 bits per heavy atom. The largest absolute Gasteiger partial charge is 0.496 e. The number of thiophene rings is 1. The summed E-state index contributed by atoms with van der Waals surface area (Å²) in [6, 6.07) is 6.19. The Kier molecular flexibility index (Phi) is 2.62. The van der Waals surface area contributed by atoms with Crippen LogP contribution < -0.4 is 4.74 Å². The van der Waals surface area contributed by atoms with Crippen molar-refractivity contribution in [1.82, 2.24) is 0 Å². The third-order valence-electron chi connectivity index (χ3n) is 1.76. The molecule has 13 heavy (non-hydrogen) atoms. The Hall–Kier alpha value is -0.0600. The van der Waals surface area contributed by atoms with Crippen LogP contribution in [0.15, 0.2) is 26.5 Å². The number of methoxy groups -OCH3 is 1. The van der Waals surface area contributed by atoms with Gasteiger partial charge >= 0.3 is 0 Å². The quantitative estimate of drug-likeness (QED) is 0.754. The van der Waals surface area contributed by atoms with Crippen LogP contribution in [-0.2, 0) is 0 Å². The first kappa shape index (κ1) is 9.49. The van der Waals surface area contributed by atoms with Crippen LogP contribution in [0, 0.1) is 0 Å². The van der Waals surface area contributed by atoms with Gasteiger partial charge in [-0.3, -0.25) is 0 Å². The van der Waals surface area contributed by atoms with E-state index in [1.165, 1.54) is 10.1 Å². The Morgan fingerprint density at radius 1 is 1.23 bits per heavy atom. The van der Waals surface area contributed by atoms with Crippen molar-refractivity contribution in [3.63, 3.8) is 0 Å². The molecule has 0 bridgehead atoms. The molecule has 0 aliphatic rings. The summed E-state index contributed by atoms with van der Waals surface area (Å²) >= 11 is 8.63. The van der Waals surface area contributed by atoms with E-state index in [0.717, 1.165) is 14.0 Å². The van der Waals surface area contributed by atoms with Gasteiger partial charge in [-0.15, -0.1) is 11.3 Å². The predicted molar refractivity (Wildman–Crippen MR) is 63.8 cm³/mol. The third-order valence-corrected chi connectivity index (χ3v) is 3.98. The average molecular weight is 322 g/mol. The van der Waals surface area contributed by atoms with Gasteiger partial charge in [0.05, 0.1) is 15.4 Å². The summed E-state index contributed by atoms with van der Waals surface area (Å²) in [6.07, 6.45) is 0. The molecule has 0 radical (unpaired) electrons. The van der Waals surface area contributed by atoms with E-state index in [0.29, 0.717) is 0 Å². The van der Waals surface area contributed by atoms with Crippen LogP contribution in [0.25, 0.3) is 10.1 Å². The zero-order valence-corrected chi connectivity index (χ0v) is 10.8. The minimum Gasteiger partial charge on any atom is -0.496 e. The fourth-order valence-electron chi connectivity index (χ4n) is 1.17. The molecule has 2 rings (SSSR count). The highest BCUT2D eigenvalue weighted by molar-refractivity contribution is 9.11. The maximum atomic E-state index is 5.20. The van der Waals surface area contributed by atoms with Gasteiger partial charge in [0.2, 0.25) is 0 Å². The molecule has 0 fully saturated rings. The second kappa shape index (κ2) is 3.59. The molecule has 1 nitrogen and oxygen atoms in total. The smallest absolute Gasteiger partial charge is 0.133 e. The first-order chi connectivity index (χ1) is 6.20. The Labute approximate surface area is 97.0 Å². The first-order valence-corrected chi connectivity index (χ1v) is 6.03. The second-order valence-corrected chi connectivity index (χ2v) is 5.89. The molecule has 0 amide bonds. The molecule has 0 aliphatic carbocycles. The van der Waals surface area contributed by atoms with Gasteiger partial charge in [0, 0.05) is 4.70 Å². The third kappa shape index (κ3) is 1.75. The minimum absolute atomic E-state index is 0.873. The summed E-state index contributed by atoms with van der Waals surface area (Å²) in [5, 5.41) is 1.21. The summed E-state index contributed by atoms with van der Waals surface area (Å²) in [7, 11) is 1.67. The standard InChI is InChI=1S/C9H6Br2OS/c1-12-7-2-5-3-9(11)13-8(5)4-6(7)10/h2-4H,1H3. The molecule has 2 aromatic rings. The number of benzene rings is 1. The molecule has 1 aromatic carbocycles. The van der Waals surface area contributed by atoms with Crippen molar-refractivity contribution >= 4 is 53.3 Å². The van der Waals surface area contributed by atoms with Crippen LogP contribution in [0.3, 0.4) is 0 Å². The lowest BCUT2D eigenvalue weighted by atomic mass is 10.2. The number of halogens is 2. The minimum atomic E-state index is 0.873. The fourth-order valence-corrected chi connectivity index (χ4v) is 3.40. The van der Waals surface area contributed by atoms with Gasteiger partial charge in [0.25, 0.3) is 0 Å². The average Bonchev–Trinajstić information content (AvgIpc) is 2.42. The summed E-state index contributed by atoms with van der Waals surface area (Å²) in [5.41, 5.74) is 0. The second-order valence-electron chi connectivity index (χ2n) is 2.58. The van der Waals surface area contributed by atoms with Crippen LogP contribution in [0.4, 0.5) is 0 Å². The van der Waals surface area contributed by atoms with Gasteiger partial charge in [0.1, 0.15) is 5.75 Å². The van der Waals surface area contributed by atoms with Crippen molar-refractivity contribution < 1.29 is 4.74 Å². The molecule has 1 aromatic heterocycles. The molecule has 0 N–H and O–H groups in total. The first-order valence-electron chi connectivity index (χ1n) is 3.63. The van der Waals surface area contributed by atoms with Gasteiger partial charge < -0.3 is 4.74 Å². The van der Waals surface area contributed by atoms with Gasteiger partial charge in [-0.2, -0.15) is 0 Å². The molecular formula is C9H6Br2OS. The lowest BCUT2D eigenvalue weighted by Crippen LogP contribution is -1.82. The topological polar surface area (TPSA) is 9.23 Å². The number of rotatable bonds is 1. The molecular weight excluding hydrogens is 316 g/mol. The molecule has 0 atom stereocenters.